The Morgan fingerprint density at radius 2 is 2.05 bits per heavy atom. The number of benzene rings is 1. The Kier molecular flexibility index (Phi) is 4.29. The van der Waals surface area contributed by atoms with E-state index in [0.29, 0.717) is 29.4 Å². The SMILES string of the molecule is CCOc1ccc(-c2cc(C)[nH]c(=O)c2C#N)cc1OC. The fourth-order valence-corrected chi connectivity index (χ4v) is 2.14. The minimum Gasteiger partial charge on any atom is -0.493 e. The first-order chi connectivity index (χ1) is 10.1. The number of nitriles is 1. The van der Waals surface area contributed by atoms with Crippen LogP contribution in [0.25, 0.3) is 11.1 Å². The molecule has 0 aliphatic carbocycles. The zero-order chi connectivity index (χ0) is 15.4. The van der Waals surface area contributed by atoms with Crippen molar-refractivity contribution >= 4 is 0 Å². The Hall–Kier alpha value is -2.74. The minimum absolute atomic E-state index is 0.0896. The predicted octanol–water partition coefficient (Wildman–Crippen LogP) is 2.63. The van der Waals surface area contributed by atoms with Crippen LogP contribution in [0.2, 0.25) is 0 Å². The summed E-state index contributed by atoms with van der Waals surface area (Å²) in [5.74, 6) is 1.19. The Balaban J connectivity index is 2.63. The molecule has 0 bridgehead atoms. The highest BCUT2D eigenvalue weighted by Gasteiger charge is 2.13. The van der Waals surface area contributed by atoms with Gasteiger partial charge >= 0.3 is 0 Å². The maximum atomic E-state index is 11.9. The number of methoxy groups -OCH3 is 1. The number of nitrogens with zero attached hydrogens (tertiary/aromatic N) is 1. The summed E-state index contributed by atoms with van der Waals surface area (Å²) in [7, 11) is 1.55. The van der Waals surface area contributed by atoms with E-state index in [2.05, 4.69) is 4.98 Å². The van der Waals surface area contributed by atoms with Gasteiger partial charge in [0, 0.05) is 11.3 Å². The number of aromatic amines is 1. The molecule has 0 aliphatic heterocycles. The van der Waals surface area contributed by atoms with Crippen LogP contribution in [0.5, 0.6) is 11.5 Å². The number of aromatic nitrogens is 1. The van der Waals surface area contributed by atoms with Crippen molar-refractivity contribution in [2.24, 2.45) is 0 Å². The molecule has 0 saturated heterocycles. The Morgan fingerprint density at radius 1 is 1.29 bits per heavy atom. The molecule has 0 atom stereocenters. The standard InChI is InChI=1S/C16H16N2O3/c1-4-21-14-6-5-11(8-15(14)20-3)12-7-10(2)18-16(19)13(12)9-17/h5-8H,4H2,1-3H3,(H,18,19). The van der Waals surface area contributed by atoms with Gasteiger partial charge in [-0.2, -0.15) is 5.26 Å². The number of aryl methyl sites for hydroxylation is 1. The largest absolute Gasteiger partial charge is 0.493 e. The second-order valence-electron chi connectivity index (χ2n) is 4.48. The van der Waals surface area contributed by atoms with Crippen LogP contribution in [0.4, 0.5) is 0 Å². The van der Waals surface area contributed by atoms with Gasteiger partial charge in [-0.15, -0.1) is 0 Å². The number of rotatable bonds is 4. The Bertz CT molecular complexity index is 757. The third-order valence-corrected chi connectivity index (χ3v) is 3.05. The molecule has 5 nitrogen and oxygen atoms in total. The topological polar surface area (TPSA) is 75.1 Å². The van der Waals surface area contributed by atoms with Crippen LogP contribution in [0, 0.1) is 18.3 Å². The highest BCUT2D eigenvalue weighted by Crippen LogP contribution is 2.33. The van der Waals surface area contributed by atoms with Crippen molar-refractivity contribution < 1.29 is 9.47 Å². The molecule has 1 aromatic heterocycles. The van der Waals surface area contributed by atoms with Gasteiger partial charge < -0.3 is 14.5 Å². The van der Waals surface area contributed by atoms with Gasteiger partial charge in [-0.1, -0.05) is 6.07 Å². The van der Waals surface area contributed by atoms with E-state index in [-0.39, 0.29) is 11.1 Å². The number of pyridine rings is 1. The van der Waals surface area contributed by atoms with E-state index in [0.717, 1.165) is 5.56 Å². The van der Waals surface area contributed by atoms with Gasteiger partial charge in [0.1, 0.15) is 11.6 Å². The van der Waals surface area contributed by atoms with Gasteiger partial charge in [-0.05, 0) is 37.6 Å². The lowest BCUT2D eigenvalue weighted by Gasteiger charge is -2.12. The summed E-state index contributed by atoms with van der Waals surface area (Å²) in [6.07, 6.45) is 0. The minimum atomic E-state index is -0.389. The molecule has 108 valence electrons. The van der Waals surface area contributed by atoms with Crippen molar-refractivity contribution in [2.45, 2.75) is 13.8 Å². The molecule has 5 heteroatoms. The number of hydrogen-bond donors (Lipinski definition) is 1. The highest BCUT2D eigenvalue weighted by atomic mass is 16.5. The number of nitrogens with one attached hydrogen (secondary N) is 1. The molecule has 0 fully saturated rings. The fourth-order valence-electron chi connectivity index (χ4n) is 2.14. The van der Waals surface area contributed by atoms with E-state index in [1.54, 1.807) is 32.2 Å². The third kappa shape index (κ3) is 2.90. The molecule has 2 aromatic rings. The molecule has 0 saturated carbocycles. The molecule has 0 unspecified atom stereocenters. The van der Waals surface area contributed by atoms with Crippen LogP contribution < -0.4 is 15.0 Å². The Labute approximate surface area is 122 Å². The molecule has 1 aromatic carbocycles. The van der Waals surface area contributed by atoms with Gasteiger partial charge in [0.15, 0.2) is 11.5 Å². The van der Waals surface area contributed by atoms with Crippen LogP contribution in [-0.4, -0.2) is 18.7 Å². The lowest BCUT2D eigenvalue weighted by molar-refractivity contribution is 0.311. The molecule has 0 aliphatic rings. The molecule has 0 spiro atoms. The highest BCUT2D eigenvalue weighted by molar-refractivity contribution is 5.72. The van der Waals surface area contributed by atoms with E-state index in [9.17, 15) is 10.1 Å². The molecule has 2 rings (SSSR count). The van der Waals surface area contributed by atoms with Gasteiger partial charge in [0.25, 0.3) is 5.56 Å². The third-order valence-electron chi connectivity index (χ3n) is 3.05. The first-order valence-electron chi connectivity index (χ1n) is 6.56. The summed E-state index contributed by atoms with van der Waals surface area (Å²) >= 11 is 0. The summed E-state index contributed by atoms with van der Waals surface area (Å²) < 4.78 is 10.8. The second-order valence-corrected chi connectivity index (χ2v) is 4.48. The average Bonchev–Trinajstić information content (AvgIpc) is 2.47. The number of H-pyrrole nitrogens is 1. The molecule has 21 heavy (non-hydrogen) atoms. The molecular formula is C16H16N2O3. The van der Waals surface area contributed by atoms with E-state index in [1.165, 1.54) is 0 Å². The maximum Gasteiger partial charge on any atom is 0.266 e. The maximum absolute atomic E-state index is 11.9. The number of ether oxygens (including phenoxy) is 2. The van der Waals surface area contributed by atoms with Crippen LogP contribution in [0.15, 0.2) is 29.1 Å². The first kappa shape index (κ1) is 14.7. The van der Waals surface area contributed by atoms with E-state index in [1.807, 2.05) is 19.1 Å². The van der Waals surface area contributed by atoms with Gasteiger partial charge in [0.05, 0.1) is 13.7 Å². The average molecular weight is 284 g/mol. The van der Waals surface area contributed by atoms with Crippen LogP contribution in [0.1, 0.15) is 18.2 Å². The summed E-state index contributed by atoms with van der Waals surface area (Å²) in [5, 5.41) is 9.19. The Morgan fingerprint density at radius 3 is 2.67 bits per heavy atom. The predicted molar refractivity (Wildman–Crippen MR) is 79.7 cm³/mol. The quantitative estimate of drug-likeness (QED) is 0.936. The van der Waals surface area contributed by atoms with Gasteiger partial charge in [-0.3, -0.25) is 4.79 Å². The zero-order valence-electron chi connectivity index (χ0n) is 12.2. The summed E-state index contributed by atoms with van der Waals surface area (Å²) in [5.41, 5.74) is 1.72. The molecular weight excluding hydrogens is 268 g/mol. The summed E-state index contributed by atoms with van der Waals surface area (Å²) in [6, 6.07) is 9.07. The number of hydrogen-bond acceptors (Lipinski definition) is 4. The fraction of sp³-hybridized carbons (Fsp3) is 0.250. The van der Waals surface area contributed by atoms with E-state index in [4.69, 9.17) is 9.47 Å². The smallest absolute Gasteiger partial charge is 0.266 e. The van der Waals surface area contributed by atoms with Crippen LogP contribution >= 0.6 is 0 Å². The van der Waals surface area contributed by atoms with Crippen molar-refractivity contribution in [2.75, 3.05) is 13.7 Å². The lowest BCUT2D eigenvalue weighted by atomic mass is 10.0. The molecule has 0 amide bonds. The molecule has 1 heterocycles. The van der Waals surface area contributed by atoms with Gasteiger partial charge in [-0.25, -0.2) is 0 Å². The second kappa shape index (κ2) is 6.14. The summed E-state index contributed by atoms with van der Waals surface area (Å²) in [6.45, 7) is 4.20. The molecule has 0 radical (unpaired) electrons. The normalized spacial score (nSPS) is 10.0. The summed E-state index contributed by atoms with van der Waals surface area (Å²) in [4.78, 5) is 14.5. The van der Waals surface area contributed by atoms with Crippen molar-refractivity contribution in [3.8, 4) is 28.7 Å². The lowest BCUT2D eigenvalue weighted by Crippen LogP contribution is -2.12. The monoisotopic (exact) mass is 284 g/mol. The van der Waals surface area contributed by atoms with E-state index >= 15 is 0 Å². The van der Waals surface area contributed by atoms with Crippen molar-refractivity contribution in [3.63, 3.8) is 0 Å². The zero-order valence-corrected chi connectivity index (χ0v) is 12.2. The first-order valence-corrected chi connectivity index (χ1v) is 6.56. The van der Waals surface area contributed by atoms with Crippen molar-refractivity contribution in [1.29, 1.82) is 5.26 Å². The van der Waals surface area contributed by atoms with Crippen molar-refractivity contribution in [3.05, 3.63) is 45.9 Å². The van der Waals surface area contributed by atoms with Crippen molar-refractivity contribution in [1.82, 2.24) is 4.98 Å². The van der Waals surface area contributed by atoms with Crippen LogP contribution in [-0.2, 0) is 0 Å². The van der Waals surface area contributed by atoms with E-state index < -0.39 is 0 Å². The van der Waals surface area contributed by atoms with Crippen LogP contribution in [0.3, 0.4) is 0 Å². The molecule has 1 N–H and O–H groups in total. The van der Waals surface area contributed by atoms with Gasteiger partial charge in [0.2, 0.25) is 0 Å².